The predicted octanol–water partition coefficient (Wildman–Crippen LogP) is 4.29. The minimum atomic E-state index is -0.997. The van der Waals surface area contributed by atoms with Gasteiger partial charge in [0.05, 0.1) is 11.1 Å². The second-order valence-corrected chi connectivity index (χ2v) is 6.16. The van der Waals surface area contributed by atoms with E-state index in [4.69, 9.17) is 9.84 Å². The number of hydrogen-bond donors (Lipinski definition) is 1. The number of carboxylic acids is 1. The zero-order valence-corrected chi connectivity index (χ0v) is 13.3. The summed E-state index contributed by atoms with van der Waals surface area (Å²) < 4.78 is 5.82. The molecule has 4 heteroatoms. The van der Waals surface area contributed by atoms with Gasteiger partial charge in [-0.05, 0) is 62.3 Å². The SMILES string of the molecule is CCC1CCC(CC)(OC(=O)c2ccc(C(=O)O)cc2)CC1. The van der Waals surface area contributed by atoms with Crippen molar-refractivity contribution in [3.05, 3.63) is 35.4 Å². The molecule has 0 aromatic heterocycles. The van der Waals surface area contributed by atoms with Gasteiger partial charge in [0, 0.05) is 0 Å². The van der Waals surface area contributed by atoms with Crippen LogP contribution in [-0.2, 0) is 4.74 Å². The van der Waals surface area contributed by atoms with E-state index in [0.717, 1.165) is 38.0 Å². The number of rotatable bonds is 5. The molecule has 0 bridgehead atoms. The summed E-state index contributed by atoms with van der Waals surface area (Å²) in [7, 11) is 0. The van der Waals surface area contributed by atoms with Crippen molar-refractivity contribution in [2.24, 2.45) is 5.92 Å². The van der Waals surface area contributed by atoms with E-state index in [1.807, 2.05) is 0 Å². The number of carboxylic acid groups (broad SMARTS) is 1. The molecule has 1 saturated carbocycles. The van der Waals surface area contributed by atoms with Crippen LogP contribution < -0.4 is 0 Å². The fourth-order valence-corrected chi connectivity index (χ4v) is 3.14. The van der Waals surface area contributed by atoms with Crippen molar-refractivity contribution in [3.8, 4) is 0 Å². The highest BCUT2D eigenvalue weighted by Gasteiger charge is 2.37. The lowest BCUT2D eigenvalue weighted by Gasteiger charge is -2.39. The number of ether oxygens (including phenoxy) is 1. The van der Waals surface area contributed by atoms with Crippen LogP contribution in [0.2, 0.25) is 0 Å². The molecule has 1 aliphatic carbocycles. The number of hydrogen-bond acceptors (Lipinski definition) is 3. The quantitative estimate of drug-likeness (QED) is 0.824. The Morgan fingerprint density at radius 2 is 1.68 bits per heavy atom. The molecular formula is C18H24O4. The van der Waals surface area contributed by atoms with Gasteiger partial charge in [0.2, 0.25) is 0 Å². The van der Waals surface area contributed by atoms with Crippen molar-refractivity contribution < 1.29 is 19.4 Å². The van der Waals surface area contributed by atoms with E-state index in [2.05, 4.69) is 13.8 Å². The van der Waals surface area contributed by atoms with E-state index < -0.39 is 5.97 Å². The van der Waals surface area contributed by atoms with Crippen molar-refractivity contribution >= 4 is 11.9 Å². The molecule has 22 heavy (non-hydrogen) atoms. The minimum Gasteiger partial charge on any atom is -0.478 e. The average Bonchev–Trinajstić information content (AvgIpc) is 2.55. The zero-order chi connectivity index (χ0) is 16.2. The Balaban J connectivity index is 2.04. The Kier molecular flexibility index (Phi) is 5.22. The summed E-state index contributed by atoms with van der Waals surface area (Å²) >= 11 is 0. The summed E-state index contributed by atoms with van der Waals surface area (Å²) in [5.74, 6) is -0.607. The average molecular weight is 304 g/mol. The molecular weight excluding hydrogens is 280 g/mol. The van der Waals surface area contributed by atoms with Crippen LogP contribution in [0.3, 0.4) is 0 Å². The van der Waals surface area contributed by atoms with Gasteiger partial charge in [-0.15, -0.1) is 0 Å². The molecule has 0 spiro atoms. The highest BCUT2D eigenvalue weighted by Crippen LogP contribution is 2.38. The van der Waals surface area contributed by atoms with E-state index in [1.165, 1.54) is 30.7 Å². The van der Waals surface area contributed by atoms with E-state index in [1.54, 1.807) is 0 Å². The van der Waals surface area contributed by atoms with Crippen molar-refractivity contribution in [1.29, 1.82) is 0 Å². The Hall–Kier alpha value is -1.84. The highest BCUT2D eigenvalue weighted by molar-refractivity contribution is 5.92. The summed E-state index contributed by atoms with van der Waals surface area (Å²) in [5.41, 5.74) is 0.231. The second kappa shape index (κ2) is 6.95. The lowest BCUT2D eigenvalue weighted by atomic mass is 9.76. The summed E-state index contributed by atoms with van der Waals surface area (Å²) in [5, 5.41) is 8.89. The van der Waals surface area contributed by atoms with E-state index >= 15 is 0 Å². The van der Waals surface area contributed by atoms with Crippen LogP contribution in [0.4, 0.5) is 0 Å². The second-order valence-electron chi connectivity index (χ2n) is 6.16. The minimum absolute atomic E-state index is 0.171. The molecule has 4 nitrogen and oxygen atoms in total. The van der Waals surface area contributed by atoms with Gasteiger partial charge in [-0.3, -0.25) is 0 Å². The third-order valence-corrected chi connectivity index (χ3v) is 4.91. The van der Waals surface area contributed by atoms with Gasteiger partial charge in [-0.2, -0.15) is 0 Å². The third-order valence-electron chi connectivity index (χ3n) is 4.91. The van der Waals surface area contributed by atoms with Crippen LogP contribution >= 0.6 is 0 Å². The number of aromatic carboxylic acids is 1. The summed E-state index contributed by atoms with van der Waals surface area (Å²) in [6.07, 6.45) is 6.06. The molecule has 1 aromatic carbocycles. The van der Waals surface area contributed by atoms with Crippen LogP contribution in [0.5, 0.6) is 0 Å². The number of esters is 1. The molecule has 1 aliphatic rings. The van der Waals surface area contributed by atoms with Gasteiger partial charge in [0.1, 0.15) is 5.60 Å². The van der Waals surface area contributed by atoms with Gasteiger partial charge in [0.25, 0.3) is 0 Å². The van der Waals surface area contributed by atoms with E-state index in [-0.39, 0.29) is 17.1 Å². The fraction of sp³-hybridized carbons (Fsp3) is 0.556. The lowest BCUT2D eigenvalue weighted by molar-refractivity contribution is -0.0473. The van der Waals surface area contributed by atoms with Crippen LogP contribution in [0.15, 0.2) is 24.3 Å². The molecule has 1 aromatic rings. The van der Waals surface area contributed by atoms with Crippen molar-refractivity contribution in [2.75, 3.05) is 0 Å². The summed E-state index contributed by atoms with van der Waals surface area (Å²) in [4.78, 5) is 23.2. The molecule has 0 saturated heterocycles. The third kappa shape index (κ3) is 3.67. The Morgan fingerprint density at radius 3 is 2.14 bits per heavy atom. The number of carbonyl (C=O) groups is 2. The fourth-order valence-electron chi connectivity index (χ4n) is 3.14. The summed E-state index contributed by atoms with van der Waals surface area (Å²) in [6, 6.07) is 5.91. The number of benzene rings is 1. The van der Waals surface area contributed by atoms with Crippen LogP contribution in [0.1, 0.15) is 73.1 Å². The molecule has 1 N–H and O–H groups in total. The van der Waals surface area contributed by atoms with E-state index in [0.29, 0.717) is 5.56 Å². The van der Waals surface area contributed by atoms with Crippen LogP contribution in [0, 0.1) is 5.92 Å². The maximum absolute atomic E-state index is 12.3. The lowest BCUT2D eigenvalue weighted by Crippen LogP contribution is -2.38. The van der Waals surface area contributed by atoms with Gasteiger partial charge in [-0.25, -0.2) is 9.59 Å². The highest BCUT2D eigenvalue weighted by atomic mass is 16.6. The summed E-state index contributed by atoms with van der Waals surface area (Å²) in [6.45, 7) is 4.27. The first kappa shape index (κ1) is 16.5. The van der Waals surface area contributed by atoms with Gasteiger partial charge >= 0.3 is 11.9 Å². The predicted molar refractivity (Wildman–Crippen MR) is 84.1 cm³/mol. The zero-order valence-electron chi connectivity index (χ0n) is 13.3. The number of carbonyl (C=O) groups excluding carboxylic acids is 1. The standard InChI is InChI=1S/C18H24O4/c1-3-13-9-11-18(4-2,12-10-13)22-17(21)15-7-5-14(6-8-15)16(19)20/h5-8,13H,3-4,9-12H2,1-2H3,(H,19,20). The monoisotopic (exact) mass is 304 g/mol. The molecule has 0 amide bonds. The molecule has 0 heterocycles. The maximum Gasteiger partial charge on any atom is 0.338 e. The first-order valence-corrected chi connectivity index (χ1v) is 8.06. The van der Waals surface area contributed by atoms with Gasteiger partial charge < -0.3 is 9.84 Å². The largest absolute Gasteiger partial charge is 0.478 e. The smallest absolute Gasteiger partial charge is 0.338 e. The Labute approximate surface area is 131 Å². The maximum atomic E-state index is 12.3. The molecule has 2 rings (SSSR count). The topological polar surface area (TPSA) is 63.6 Å². The van der Waals surface area contributed by atoms with Crippen LogP contribution in [0.25, 0.3) is 0 Å². The van der Waals surface area contributed by atoms with Crippen LogP contribution in [-0.4, -0.2) is 22.6 Å². The molecule has 0 unspecified atom stereocenters. The molecule has 1 fully saturated rings. The van der Waals surface area contributed by atoms with E-state index in [9.17, 15) is 9.59 Å². The van der Waals surface area contributed by atoms with Crippen molar-refractivity contribution in [2.45, 2.75) is 58.0 Å². The molecule has 0 radical (unpaired) electrons. The molecule has 0 aliphatic heterocycles. The van der Waals surface area contributed by atoms with Gasteiger partial charge in [-0.1, -0.05) is 20.3 Å². The first-order chi connectivity index (χ1) is 10.5. The molecule has 120 valence electrons. The van der Waals surface area contributed by atoms with Gasteiger partial charge in [0.15, 0.2) is 0 Å². The first-order valence-electron chi connectivity index (χ1n) is 8.06. The Bertz CT molecular complexity index is 525. The normalized spacial score (nSPS) is 24.7. The van der Waals surface area contributed by atoms with Crippen molar-refractivity contribution in [1.82, 2.24) is 0 Å². The molecule has 0 atom stereocenters. The Morgan fingerprint density at radius 1 is 1.14 bits per heavy atom. The van der Waals surface area contributed by atoms with Crippen molar-refractivity contribution in [3.63, 3.8) is 0 Å².